The first kappa shape index (κ1) is 6.78. The molecule has 2 N–H and O–H groups in total. The van der Waals surface area contributed by atoms with Gasteiger partial charge in [-0.15, -0.1) is 0 Å². The second-order valence-electron chi connectivity index (χ2n) is 2.58. The molecule has 0 aliphatic heterocycles. The summed E-state index contributed by atoms with van der Waals surface area (Å²) in [6, 6.07) is 0. The van der Waals surface area contributed by atoms with Gasteiger partial charge in [0.15, 0.2) is 0 Å². The average molecular weight is 128 g/mol. The van der Waals surface area contributed by atoms with Gasteiger partial charge in [-0.2, -0.15) is 0 Å². The maximum Gasteiger partial charge on any atom is 0.0684 e. The molecule has 3 atom stereocenters. The fraction of sp³-hybridized carbons (Fsp3) is 0.714. The van der Waals surface area contributed by atoms with Gasteiger partial charge in [-0.25, -0.2) is 0 Å². The molecule has 0 aromatic heterocycles. The largest absolute Gasteiger partial charge is 0.396 e. The summed E-state index contributed by atoms with van der Waals surface area (Å²) in [6.45, 7) is 2.00. The van der Waals surface area contributed by atoms with Crippen LogP contribution in [0.2, 0.25) is 0 Å². The molecule has 0 bridgehead atoms. The predicted octanol–water partition coefficient (Wildman–Crippen LogP) is 0.162. The van der Waals surface area contributed by atoms with Gasteiger partial charge in [-0.1, -0.05) is 19.1 Å². The molecule has 1 aliphatic rings. The minimum Gasteiger partial charge on any atom is -0.396 e. The molecule has 1 aliphatic carbocycles. The van der Waals surface area contributed by atoms with Crippen LogP contribution in [-0.2, 0) is 0 Å². The van der Waals surface area contributed by atoms with Crippen LogP contribution in [0.1, 0.15) is 6.92 Å². The molecule has 1 rings (SSSR count). The van der Waals surface area contributed by atoms with E-state index in [0.29, 0.717) is 0 Å². The van der Waals surface area contributed by atoms with Gasteiger partial charge in [-0.05, 0) is 0 Å². The Balaban J connectivity index is 2.51. The molecule has 0 saturated heterocycles. The van der Waals surface area contributed by atoms with Crippen molar-refractivity contribution < 1.29 is 10.2 Å². The highest BCUT2D eigenvalue weighted by atomic mass is 16.3. The Hall–Kier alpha value is -0.340. The first-order chi connectivity index (χ1) is 4.25. The molecule has 0 fully saturated rings. The Morgan fingerprint density at radius 1 is 1.44 bits per heavy atom. The summed E-state index contributed by atoms with van der Waals surface area (Å²) >= 11 is 0. The molecule has 9 heavy (non-hydrogen) atoms. The molecule has 0 amide bonds. The van der Waals surface area contributed by atoms with E-state index in [1.807, 2.05) is 19.1 Å². The molecule has 52 valence electrons. The highest BCUT2D eigenvalue weighted by Gasteiger charge is 2.25. The van der Waals surface area contributed by atoms with Crippen molar-refractivity contribution in [3.05, 3.63) is 12.2 Å². The summed E-state index contributed by atoms with van der Waals surface area (Å²) in [5.41, 5.74) is 0. The Kier molecular flexibility index (Phi) is 1.88. The van der Waals surface area contributed by atoms with Gasteiger partial charge in [0, 0.05) is 11.8 Å². The second kappa shape index (κ2) is 2.50. The molecule has 2 heteroatoms. The van der Waals surface area contributed by atoms with Crippen LogP contribution in [-0.4, -0.2) is 22.9 Å². The third-order valence-corrected chi connectivity index (χ3v) is 1.85. The lowest BCUT2D eigenvalue weighted by molar-refractivity contribution is 0.0768. The number of hydrogen-bond donors (Lipinski definition) is 2. The third-order valence-electron chi connectivity index (χ3n) is 1.85. The van der Waals surface area contributed by atoms with Gasteiger partial charge in [0.25, 0.3) is 0 Å². The molecule has 0 heterocycles. The van der Waals surface area contributed by atoms with Gasteiger partial charge < -0.3 is 10.2 Å². The van der Waals surface area contributed by atoms with Crippen molar-refractivity contribution in [3.63, 3.8) is 0 Å². The Bertz CT molecular complexity index is 120. The van der Waals surface area contributed by atoms with E-state index in [2.05, 4.69) is 0 Å². The summed E-state index contributed by atoms with van der Waals surface area (Å²) in [7, 11) is 0. The van der Waals surface area contributed by atoms with E-state index in [0.717, 1.165) is 0 Å². The van der Waals surface area contributed by atoms with E-state index in [9.17, 15) is 5.11 Å². The first-order valence-corrected chi connectivity index (χ1v) is 3.23. The van der Waals surface area contributed by atoms with Gasteiger partial charge in [0.2, 0.25) is 0 Å². The van der Waals surface area contributed by atoms with Crippen LogP contribution in [0.25, 0.3) is 0 Å². The van der Waals surface area contributed by atoms with Crippen molar-refractivity contribution >= 4 is 0 Å². The summed E-state index contributed by atoms with van der Waals surface area (Å²) in [5, 5.41) is 17.9. The third kappa shape index (κ3) is 1.14. The zero-order chi connectivity index (χ0) is 6.85. The summed E-state index contributed by atoms with van der Waals surface area (Å²) in [6.07, 6.45) is 3.44. The molecule has 0 radical (unpaired) electrons. The number of hydrogen-bond acceptors (Lipinski definition) is 2. The van der Waals surface area contributed by atoms with E-state index in [4.69, 9.17) is 5.11 Å². The van der Waals surface area contributed by atoms with Crippen LogP contribution < -0.4 is 0 Å². The van der Waals surface area contributed by atoms with Crippen molar-refractivity contribution in [2.24, 2.45) is 11.8 Å². The maximum atomic E-state index is 9.23. The van der Waals surface area contributed by atoms with E-state index in [-0.39, 0.29) is 24.5 Å². The van der Waals surface area contributed by atoms with Crippen LogP contribution in [0.15, 0.2) is 12.2 Å². The molecular weight excluding hydrogens is 116 g/mol. The van der Waals surface area contributed by atoms with Crippen LogP contribution in [0, 0.1) is 11.8 Å². The highest BCUT2D eigenvalue weighted by Crippen LogP contribution is 2.22. The van der Waals surface area contributed by atoms with Crippen molar-refractivity contribution in [2.45, 2.75) is 13.0 Å². The smallest absolute Gasteiger partial charge is 0.0684 e. The van der Waals surface area contributed by atoms with E-state index < -0.39 is 0 Å². The normalized spacial score (nSPS) is 41.9. The molecule has 0 saturated carbocycles. The summed E-state index contributed by atoms with van der Waals surface area (Å²) in [4.78, 5) is 0. The monoisotopic (exact) mass is 128 g/mol. The van der Waals surface area contributed by atoms with E-state index in [1.165, 1.54) is 0 Å². The molecule has 1 unspecified atom stereocenters. The minimum atomic E-state index is -0.366. The second-order valence-corrected chi connectivity index (χ2v) is 2.58. The van der Waals surface area contributed by atoms with Crippen molar-refractivity contribution in [1.82, 2.24) is 0 Å². The topological polar surface area (TPSA) is 40.5 Å². The van der Waals surface area contributed by atoms with Gasteiger partial charge in [0.1, 0.15) is 0 Å². The standard InChI is InChI=1S/C7H12O2/c1-5-2-3-6(4-8)7(5)9/h2-3,5-9H,4H2,1H3/t5?,6-,7+/m0/s1. The van der Waals surface area contributed by atoms with E-state index in [1.54, 1.807) is 0 Å². The summed E-state index contributed by atoms with van der Waals surface area (Å²) in [5.74, 6) is 0.183. The van der Waals surface area contributed by atoms with Gasteiger partial charge in [-0.3, -0.25) is 0 Å². The Morgan fingerprint density at radius 3 is 2.33 bits per heavy atom. The maximum absolute atomic E-state index is 9.23. The average Bonchev–Trinajstić information content (AvgIpc) is 2.15. The molecule has 0 spiro atoms. The van der Waals surface area contributed by atoms with Crippen molar-refractivity contribution in [2.75, 3.05) is 6.61 Å². The molecular formula is C7H12O2. The molecule has 0 aromatic rings. The van der Waals surface area contributed by atoms with Gasteiger partial charge >= 0.3 is 0 Å². The zero-order valence-corrected chi connectivity index (χ0v) is 5.49. The number of rotatable bonds is 1. The SMILES string of the molecule is CC1C=C[C@@H](CO)[C@@H]1O. The Labute approximate surface area is 54.8 Å². The predicted molar refractivity (Wildman–Crippen MR) is 34.9 cm³/mol. The van der Waals surface area contributed by atoms with Crippen molar-refractivity contribution in [3.8, 4) is 0 Å². The molecule has 0 aromatic carbocycles. The van der Waals surface area contributed by atoms with Crippen molar-refractivity contribution in [1.29, 1.82) is 0 Å². The number of aliphatic hydroxyl groups excluding tert-OH is 2. The number of aliphatic hydroxyl groups is 2. The fourth-order valence-corrected chi connectivity index (χ4v) is 1.10. The van der Waals surface area contributed by atoms with Crippen LogP contribution in [0.4, 0.5) is 0 Å². The first-order valence-electron chi connectivity index (χ1n) is 3.23. The van der Waals surface area contributed by atoms with Crippen LogP contribution in [0.5, 0.6) is 0 Å². The van der Waals surface area contributed by atoms with Gasteiger partial charge in [0.05, 0.1) is 12.7 Å². The lowest BCUT2D eigenvalue weighted by atomic mass is 10.0. The quantitative estimate of drug-likeness (QED) is 0.494. The van der Waals surface area contributed by atoms with E-state index >= 15 is 0 Å². The Morgan fingerprint density at radius 2 is 2.11 bits per heavy atom. The lowest BCUT2D eigenvalue weighted by Crippen LogP contribution is -2.22. The lowest BCUT2D eigenvalue weighted by Gasteiger charge is -2.13. The minimum absolute atomic E-state index is 0.0278. The van der Waals surface area contributed by atoms with Crippen LogP contribution >= 0.6 is 0 Å². The molecule has 2 nitrogen and oxygen atoms in total. The van der Waals surface area contributed by atoms with Crippen LogP contribution in [0.3, 0.4) is 0 Å². The zero-order valence-electron chi connectivity index (χ0n) is 5.49. The fourth-order valence-electron chi connectivity index (χ4n) is 1.10. The highest BCUT2D eigenvalue weighted by molar-refractivity contribution is 5.05. The summed E-state index contributed by atoms with van der Waals surface area (Å²) < 4.78 is 0.